The number of carbonyl (C=O) groups excluding carboxylic acids is 1. The second-order valence-electron chi connectivity index (χ2n) is 3.80. The summed E-state index contributed by atoms with van der Waals surface area (Å²) in [6.07, 6.45) is 5.42. The number of rotatable bonds is 8. The van der Waals surface area contributed by atoms with E-state index < -0.39 is 0 Å². The van der Waals surface area contributed by atoms with E-state index >= 15 is 0 Å². The molecule has 0 aliphatic rings. The van der Waals surface area contributed by atoms with Gasteiger partial charge in [-0.1, -0.05) is 26.7 Å². The predicted molar refractivity (Wildman–Crippen MR) is 61.2 cm³/mol. The summed E-state index contributed by atoms with van der Waals surface area (Å²) in [6.45, 7) is 4.82. The van der Waals surface area contributed by atoms with Crippen molar-refractivity contribution in [1.29, 1.82) is 5.26 Å². The van der Waals surface area contributed by atoms with Crippen molar-refractivity contribution in [1.82, 2.24) is 5.32 Å². The van der Waals surface area contributed by atoms with Crippen LogP contribution in [0, 0.1) is 17.2 Å². The lowest BCUT2D eigenvalue weighted by atomic mass is 9.98. The fraction of sp³-hybridized carbons (Fsp3) is 0.833. The van der Waals surface area contributed by atoms with Gasteiger partial charge in [-0.05, 0) is 19.3 Å². The molecule has 3 nitrogen and oxygen atoms in total. The summed E-state index contributed by atoms with van der Waals surface area (Å²) in [6, 6.07) is 2.07. The van der Waals surface area contributed by atoms with Crippen LogP contribution in [0.15, 0.2) is 0 Å². The van der Waals surface area contributed by atoms with Gasteiger partial charge < -0.3 is 5.32 Å². The summed E-state index contributed by atoms with van der Waals surface area (Å²) < 4.78 is 0. The molecular weight excluding hydrogens is 188 g/mol. The minimum absolute atomic E-state index is 0.156. The van der Waals surface area contributed by atoms with Crippen LogP contribution >= 0.6 is 0 Å². The molecule has 0 radical (unpaired) electrons. The van der Waals surface area contributed by atoms with Crippen LogP contribution in [-0.2, 0) is 4.79 Å². The summed E-state index contributed by atoms with van der Waals surface area (Å²) in [4.78, 5) is 11.6. The molecular formula is C12H22N2O. The highest BCUT2D eigenvalue weighted by atomic mass is 16.1. The average molecular weight is 210 g/mol. The maximum atomic E-state index is 11.6. The molecule has 0 spiro atoms. The third-order valence-electron chi connectivity index (χ3n) is 2.53. The lowest BCUT2D eigenvalue weighted by Crippen LogP contribution is -2.31. The van der Waals surface area contributed by atoms with Crippen LogP contribution in [0.5, 0.6) is 0 Å². The van der Waals surface area contributed by atoms with Gasteiger partial charge in [-0.2, -0.15) is 5.26 Å². The molecule has 0 saturated heterocycles. The standard InChI is InChI=1S/C12H22N2O/c1-3-5-8-11(4-2)12(15)14-10-7-6-9-13/h11H,3-8,10H2,1-2H3,(H,14,15). The van der Waals surface area contributed by atoms with Crippen LogP contribution in [0.4, 0.5) is 0 Å². The van der Waals surface area contributed by atoms with Gasteiger partial charge >= 0.3 is 0 Å². The van der Waals surface area contributed by atoms with E-state index in [9.17, 15) is 4.79 Å². The molecule has 0 saturated carbocycles. The van der Waals surface area contributed by atoms with Crippen LogP contribution in [0.25, 0.3) is 0 Å². The molecule has 1 unspecified atom stereocenters. The highest BCUT2D eigenvalue weighted by Gasteiger charge is 2.14. The van der Waals surface area contributed by atoms with Crippen molar-refractivity contribution < 1.29 is 4.79 Å². The molecule has 1 atom stereocenters. The Labute approximate surface area is 92.9 Å². The molecule has 0 aliphatic heterocycles. The Kier molecular flexibility index (Phi) is 8.85. The van der Waals surface area contributed by atoms with E-state index in [-0.39, 0.29) is 11.8 Å². The van der Waals surface area contributed by atoms with E-state index in [0.717, 1.165) is 32.1 Å². The zero-order valence-electron chi connectivity index (χ0n) is 9.88. The second kappa shape index (κ2) is 9.51. The molecule has 1 N–H and O–H groups in total. The first-order chi connectivity index (χ1) is 7.26. The Hall–Kier alpha value is -1.04. The number of unbranched alkanes of at least 4 members (excludes halogenated alkanes) is 2. The third-order valence-corrected chi connectivity index (χ3v) is 2.53. The van der Waals surface area contributed by atoms with Crippen molar-refractivity contribution in [2.75, 3.05) is 6.54 Å². The zero-order chi connectivity index (χ0) is 11.5. The summed E-state index contributed by atoms with van der Waals surface area (Å²) in [5, 5.41) is 11.2. The van der Waals surface area contributed by atoms with Gasteiger partial charge in [0.25, 0.3) is 0 Å². The second-order valence-corrected chi connectivity index (χ2v) is 3.80. The summed E-state index contributed by atoms with van der Waals surface area (Å²) in [7, 11) is 0. The Balaban J connectivity index is 3.69. The number of nitrogens with zero attached hydrogens (tertiary/aromatic N) is 1. The van der Waals surface area contributed by atoms with Crippen LogP contribution in [0.3, 0.4) is 0 Å². The smallest absolute Gasteiger partial charge is 0.223 e. The van der Waals surface area contributed by atoms with Crippen LogP contribution in [0.1, 0.15) is 52.4 Å². The van der Waals surface area contributed by atoms with Crippen molar-refractivity contribution in [3.8, 4) is 6.07 Å². The summed E-state index contributed by atoms with van der Waals surface area (Å²) >= 11 is 0. The highest BCUT2D eigenvalue weighted by molar-refractivity contribution is 5.78. The maximum absolute atomic E-state index is 11.6. The van der Waals surface area contributed by atoms with Gasteiger partial charge in [-0.3, -0.25) is 4.79 Å². The normalized spacial score (nSPS) is 11.8. The molecule has 0 bridgehead atoms. The molecule has 0 fully saturated rings. The highest BCUT2D eigenvalue weighted by Crippen LogP contribution is 2.12. The molecule has 3 heteroatoms. The van der Waals surface area contributed by atoms with Crippen LogP contribution in [0.2, 0.25) is 0 Å². The van der Waals surface area contributed by atoms with Crippen molar-refractivity contribution >= 4 is 5.91 Å². The summed E-state index contributed by atoms with van der Waals surface area (Å²) in [5.41, 5.74) is 0. The monoisotopic (exact) mass is 210 g/mol. The Morgan fingerprint density at radius 2 is 2.13 bits per heavy atom. The van der Waals surface area contributed by atoms with E-state index in [2.05, 4.69) is 25.2 Å². The number of amides is 1. The molecule has 0 aromatic carbocycles. The number of hydrogen-bond acceptors (Lipinski definition) is 2. The van der Waals surface area contributed by atoms with E-state index in [1.165, 1.54) is 0 Å². The first kappa shape index (κ1) is 14.0. The molecule has 0 aliphatic carbocycles. The first-order valence-electron chi connectivity index (χ1n) is 5.90. The number of nitrogens with one attached hydrogen (secondary N) is 1. The van der Waals surface area contributed by atoms with Gasteiger partial charge in [0.1, 0.15) is 0 Å². The SMILES string of the molecule is CCCCC(CC)C(=O)NCCCC#N. The van der Waals surface area contributed by atoms with Crippen molar-refractivity contribution in [2.45, 2.75) is 52.4 Å². The topological polar surface area (TPSA) is 52.9 Å². The van der Waals surface area contributed by atoms with Gasteiger partial charge in [0.15, 0.2) is 0 Å². The largest absolute Gasteiger partial charge is 0.356 e. The van der Waals surface area contributed by atoms with E-state index in [1.807, 2.05) is 0 Å². The lowest BCUT2D eigenvalue weighted by molar-refractivity contribution is -0.125. The molecule has 0 aromatic heterocycles. The van der Waals surface area contributed by atoms with Crippen LogP contribution in [-0.4, -0.2) is 12.5 Å². The maximum Gasteiger partial charge on any atom is 0.223 e. The van der Waals surface area contributed by atoms with Crippen molar-refractivity contribution in [3.63, 3.8) is 0 Å². The third kappa shape index (κ3) is 6.96. The van der Waals surface area contributed by atoms with E-state index in [0.29, 0.717) is 13.0 Å². The number of carbonyl (C=O) groups is 1. The molecule has 1 amide bonds. The van der Waals surface area contributed by atoms with Crippen molar-refractivity contribution in [2.24, 2.45) is 5.92 Å². The van der Waals surface area contributed by atoms with E-state index in [1.54, 1.807) is 0 Å². The molecule has 0 rings (SSSR count). The number of nitriles is 1. The fourth-order valence-electron chi connectivity index (χ4n) is 1.49. The predicted octanol–water partition coefficient (Wildman–Crippen LogP) is 2.62. The Bertz CT molecular complexity index is 208. The lowest BCUT2D eigenvalue weighted by Gasteiger charge is -2.13. The van der Waals surface area contributed by atoms with Crippen LogP contribution < -0.4 is 5.32 Å². The Morgan fingerprint density at radius 3 is 2.67 bits per heavy atom. The molecule has 0 aromatic rings. The van der Waals surface area contributed by atoms with E-state index in [4.69, 9.17) is 5.26 Å². The average Bonchev–Trinajstić information content (AvgIpc) is 2.25. The number of hydrogen-bond donors (Lipinski definition) is 1. The molecule has 0 heterocycles. The van der Waals surface area contributed by atoms with Gasteiger partial charge in [0, 0.05) is 18.9 Å². The summed E-state index contributed by atoms with van der Waals surface area (Å²) in [5.74, 6) is 0.316. The fourth-order valence-corrected chi connectivity index (χ4v) is 1.49. The van der Waals surface area contributed by atoms with Gasteiger partial charge in [0.2, 0.25) is 5.91 Å². The first-order valence-corrected chi connectivity index (χ1v) is 5.90. The minimum Gasteiger partial charge on any atom is -0.356 e. The quantitative estimate of drug-likeness (QED) is 0.626. The molecule has 15 heavy (non-hydrogen) atoms. The van der Waals surface area contributed by atoms with Gasteiger partial charge in [-0.25, -0.2) is 0 Å². The van der Waals surface area contributed by atoms with Gasteiger partial charge in [-0.15, -0.1) is 0 Å². The zero-order valence-corrected chi connectivity index (χ0v) is 9.88. The van der Waals surface area contributed by atoms with Gasteiger partial charge in [0.05, 0.1) is 6.07 Å². The minimum atomic E-state index is 0.156. The molecule has 86 valence electrons. The Morgan fingerprint density at radius 1 is 1.40 bits per heavy atom. The van der Waals surface area contributed by atoms with Crippen molar-refractivity contribution in [3.05, 3.63) is 0 Å².